The van der Waals surface area contributed by atoms with Gasteiger partial charge in [0.05, 0.1) is 17.7 Å². The molecular weight excluding hydrogens is 568 g/mol. The molecule has 2 aromatic carbocycles. The fourth-order valence-electron chi connectivity index (χ4n) is 4.92. The first kappa shape index (κ1) is 29.9. The molecule has 42 heavy (non-hydrogen) atoms. The quantitative estimate of drug-likeness (QED) is 0.142. The number of benzene rings is 2. The summed E-state index contributed by atoms with van der Waals surface area (Å²) in [7, 11) is 0. The number of aliphatic hydroxyl groups is 8. The third kappa shape index (κ3) is 5.03. The molecule has 11 N–H and O–H groups in total. The fourth-order valence-corrected chi connectivity index (χ4v) is 4.92. The zero-order valence-corrected chi connectivity index (χ0v) is 21.3. The Morgan fingerprint density at radius 1 is 0.786 bits per heavy atom. The third-order valence-electron chi connectivity index (χ3n) is 7.21. The van der Waals surface area contributed by atoms with Crippen LogP contribution in [0.1, 0.15) is 11.7 Å². The zero-order chi connectivity index (χ0) is 30.6. The third-order valence-corrected chi connectivity index (χ3v) is 7.21. The van der Waals surface area contributed by atoms with Gasteiger partial charge in [-0.2, -0.15) is 0 Å². The molecule has 228 valence electrons. The molecule has 16 heteroatoms. The van der Waals surface area contributed by atoms with Crippen molar-refractivity contribution in [1.29, 1.82) is 0 Å². The molecular formula is C26H28O16. The number of ether oxygens (including phenoxy) is 3. The van der Waals surface area contributed by atoms with Crippen molar-refractivity contribution in [3.05, 3.63) is 46.1 Å². The van der Waals surface area contributed by atoms with Gasteiger partial charge in [-0.3, -0.25) is 4.79 Å². The Morgan fingerprint density at radius 3 is 2.14 bits per heavy atom. The number of aromatic hydroxyl groups is 3. The SMILES string of the molecule is O=c1cc(-c2ccc(O)cc2O)oc2cc(OC3OC(CO)C(O)C(O)C3O)c(C3OC(O)C(O)C(O)C3O)c(O)c12. The van der Waals surface area contributed by atoms with Crippen LogP contribution in [0, 0.1) is 0 Å². The van der Waals surface area contributed by atoms with Crippen LogP contribution in [-0.4, -0.2) is 118 Å². The summed E-state index contributed by atoms with van der Waals surface area (Å²) >= 11 is 0. The molecule has 0 spiro atoms. The summed E-state index contributed by atoms with van der Waals surface area (Å²) in [6, 6.07) is 5.32. The summed E-state index contributed by atoms with van der Waals surface area (Å²) in [5.74, 6) is -2.46. The van der Waals surface area contributed by atoms with Gasteiger partial charge in [0.15, 0.2) is 11.7 Å². The van der Waals surface area contributed by atoms with Crippen LogP contribution in [-0.2, 0) is 9.47 Å². The van der Waals surface area contributed by atoms with Gasteiger partial charge in [0, 0.05) is 18.2 Å². The van der Waals surface area contributed by atoms with Gasteiger partial charge < -0.3 is 74.8 Å². The lowest BCUT2D eigenvalue weighted by Crippen LogP contribution is -2.60. The van der Waals surface area contributed by atoms with E-state index in [0.29, 0.717) is 0 Å². The van der Waals surface area contributed by atoms with E-state index < -0.39 is 107 Å². The minimum Gasteiger partial charge on any atom is -0.508 e. The summed E-state index contributed by atoms with van der Waals surface area (Å²) in [4.78, 5) is 13.2. The standard InChI is InChI=1S/C26H28O16/c27-6-14-17(31)19(33)23(37)26(41-14)40-13-5-12-15(10(30)4-11(39-12)8-2-1-7(28)3-9(8)29)18(32)16(13)24-21(35)20(34)22(36)25(38)42-24/h1-5,14,17,19-29,31-38H,6H2. The predicted octanol–water partition coefficient (Wildman–Crippen LogP) is -2.77. The van der Waals surface area contributed by atoms with Gasteiger partial charge in [-0.15, -0.1) is 0 Å². The number of fused-ring (bicyclic) bond motifs is 1. The molecule has 0 radical (unpaired) electrons. The van der Waals surface area contributed by atoms with Gasteiger partial charge in [0.25, 0.3) is 0 Å². The highest BCUT2D eigenvalue weighted by Crippen LogP contribution is 2.46. The number of rotatable bonds is 5. The Hall–Kier alpha value is -3.55. The number of phenols is 3. The first-order valence-corrected chi connectivity index (χ1v) is 12.5. The van der Waals surface area contributed by atoms with Gasteiger partial charge in [0.2, 0.25) is 6.29 Å². The minimum atomic E-state index is -2.08. The van der Waals surface area contributed by atoms with Crippen LogP contribution >= 0.6 is 0 Å². The molecule has 2 aliphatic rings. The monoisotopic (exact) mass is 596 g/mol. The summed E-state index contributed by atoms with van der Waals surface area (Å²) in [5, 5.41) is 112. The van der Waals surface area contributed by atoms with Crippen molar-refractivity contribution >= 4 is 11.0 Å². The molecule has 10 atom stereocenters. The van der Waals surface area contributed by atoms with Crippen LogP contribution in [0.15, 0.2) is 39.5 Å². The normalized spacial score (nSPS) is 33.5. The lowest BCUT2D eigenvalue weighted by molar-refractivity contribution is -0.287. The van der Waals surface area contributed by atoms with Crippen LogP contribution in [0.2, 0.25) is 0 Å². The molecule has 16 nitrogen and oxygen atoms in total. The van der Waals surface area contributed by atoms with E-state index in [1.54, 1.807) is 0 Å². The van der Waals surface area contributed by atoms with Gasteiger partial charge in [-0.1, -0.05) is 0 Å². The maximum absolute atomic E-state index is 13.2. The van der Waals surface area contributed by atoms with Crippen LogP contribution in [0.3, 0.4) is 0 Å². The van der Waals surface area contributed by atoms with Gasteiger partial charge in [-0.05, 0) is 12.1 Å². The maximum atomic E-state index is 13.2. The lowest BCUT2D eigenvalue weighted by atomic mass is 9.91. The van der Waals surface area contributed by atoms with E-state index in [2.05, 4.69) is 0 Å². The molecule has 0 aliphatic carbocycles. The van der Waals surface area contributed by atoms with Crippen LogP contribution < -0.4 is 10.2 Å². The van der Waals surface area contributed by atoms with Gasteiger partial charge in [-0.25, -0.2) is 0 Å². The van der Waals surface area contributed by atoms with Crippen LogP contribution in [0.5, 0.6) is 23.0 Å². The largest absolute Gasteiger partial charge is 0.508 e. The number of phenolic OH excluding ortho intramolecular Hbond substituents is 3. The zero-order valence-electron chi connectivity index (χ0n) is 21.3. The van der Waals surface area contributed by atoms with Crippen molar-refractivity contribution in [2.45, 2.75) is 61.4 Å². The van der Waals surface area contributed by atoms with Gasteiger partial charge >= 0.3 is 0 Å². The lowest BCUT2D eigenvalue weighted by Gasteiger charge is -2.41. The molecule has 1 aromatic heterocycles. The van der Waals surface area contributed by atoms with E-state index in [1.807, 2.05) is 0 Å². The summed E-state index contributed by atoms with van der Waals surface area (Å²) in [6.07, 6.45) is -18.8. The van der Waals surface area contributed by atoms with Crippen LogP contribution in [0.25, 0.3) is 22.3 Å². The molecule has 10 unspecified atom stereocenters. The Bertz CT molecular complexity index is 1520. The number of hydrogen-bond acceptors (Lipinski definition) is 16. The topological polar surface area (TPSA) is 280 Å². The van der Waals surface area contributed by atoms with Crippen molar-refractivity contribution in [2.75, 3.05) is 6.61 Å². The summed E-state index contributed by atoms with van der Waals surface area (Å²) in [6.45, 7) is -0.810. The average Bonchev–Trinajstić information content (AvgIpc) is 2.94. The molecule has 2 aliphatic heterocycles. The average molecular weight is 596 g/mol. The first-order valence-electron chi connectivity index (χ1n) is 12.5. The number of hydrogen-bond donors (Lipinski definition) is 11. The van der Waals surface area contributed by atoms with Crippen molar-refractivity contribution in [3.8, 4) is 34.3 Å². The summed E-state index contributed by atoms with van der Waals surface area (Å²) in [5.41, 5.74) is -1.89. The van der Waals surface area contributed by atoms with Crippen molar-refractivity contribution in [1.82, 2.24) is 0 Å². The van der Waals surface area contributed by atoms with E-state index >= 15 is 0 Å². The Morgan fingerprint density at radius 2 is 1.48 bits per heavy atom. The summed E-state index contributed by atoms with van der Waals surface area (Å²) < 4.78 is 22.0. The van der Waals surface area contributed by atoms with E-state index in [0.717, 1.165) is 18.2 Å². The number of aliphatic hydroxyl groups excluding tert-OH is 8. The Labute approximate surface area is 234 Å². The molecule has 5 rings (SSSR count). The molecule has 0 bridgehead atoms. The second-order valence-electron chi connectivity index (χ2n) is 9.92. The van der Waals surface area contributed by atoms with E-state index in [-0.39, 0.29) is 17.1 Å². The van der Waals surface area contributed by atoms with Gasteiger partial charge in [0.1, 0.15) is 88.6 Å². The van der Waals surface area contributed by atoms with Crippen molar-refractivity contribution in [3.63, 3.8) is 0 Å². The van der Waals surface area contributed by atoms with E-state index in [1.165, 1.54) is 12.1 Å². The highest BCUT2D eigenvalue weighted by Gasteiger charge is 2.48. The Balaban J connectivity index is 1.70. The second-order valence-corrected chi connectivity index (χ2v) is 9.92. The van der Waals surface area contributed by atoms with Crippen LogP contribution in [0.4, 0.5) is 0 Å². The fraction of sp³-hybridized carbons (Fsp3) is 0.423. The van der Waals surface area contributed by atoms with E-state index in [9.17, 15) is 61.0 Å². The predicted molar refractivity (Wildman–Crippen MR) is 135 cm³/mol. The van der Waals surface area contributed by atoms with E-state index in [4.69, 9.17) is 18.6 Å². The first-order chi connectivity index (χ1) is 19.8. The molecule has 3 aromatic rings. The van der Waals surface area contributed by atoms with Crippen molar-refractivity contribution in [2.24, 2.45) is 0 Å². The molecule has 3 heterocycles. The molecule has 0 amide bonds. The molecule has 2 saturated heterocycles. The smallest absolute Gasteiger partial charge is 0.229 e. The molecule has 2 fully saturated rings. The highest BCUT2D eigenvalue weighted by atomic mass is 16.7. The maximum Gasteiger partial charge on any atom is 0.229 e. The molecule has 0 saturated carbocycles. The minimum absolute atomic E-state index is 0.0296. The second kappa shape index (κ2) is 11.3. The Kier molecular flexibility index (Phi) is 8.03. The van der Waals surface area contributed by atoms with Crippen molar-refractivity contribution < 1.29 is 74.8 Å². The highest BCUT2D eigenvalue weighted by molar-refractivity contribution is 5.88.